The standard InChI is InChI=1S/C26H39N7S/c1-19-15-20(2)18-33(17-19)23-16-22(27-24(28-23)29-25(34)30-26(3,4)5)32-13-11-31(12-14-32)21-9-7-6-8-10-21/h6-10,16,19-20H,11-15,17-18H2,1-5H3,(H2,27,28,29,30,34). The Labute approximate surface area is 209 Å². The summed E-state index contributed by atoms with van der Waals surface area (Å²) >= 11 is 5.55. The first kappa shape index (κ1) is 24.5. The van der Waals surface area contributed by atoms with E-state index in [0.717, 1.165) is 50.9 Å². The van der Waals surface area contributed by atoms with Gasteiger partial charge in [-0.1, -0.05) is 32.0 Å². The maximum atomic E-state index is 5.55. The van der Waals surface area contributed by atoms with Gasteiger partial charge >= 0.3 is 0 Å². The van der Waals surface area contributed by atoms with E-state index in [1.54, 1.807) is 0 Å². The fourth-order valence-electron chi connectivity index (χ4n) is 4.96. The minimum atomic E-state index is -0.129. The number of para-hydroxylation sites is 1. The van der Waals surface area contributed by atoms with Gasteiger partial charge in [0, 0.05) is 56.6 Å². The number of benzene rings is 1. The van der Waals surface area contributed by atoms with Crippen LogP contribution in [0.2, 0.25) is 0 Å². The van der Waals surface area contributed by atoms with Gasteiger partial charge < -0.3 is 25.3 Å². The van der Waals surface area contributed by atoms with Gasteiger partial charge in [-0.3, -0.25) is 0 Å². The lowest BCUT2D eigenvalue weighted by Crippen LogP contribution is -2.47. The van der Waals surface area contributed by atoms with Crippen LogP contribution in [-0.4, -0.2) is 59.9 Å². The third-order valence-corrected chi connectivity index (χ3v) is 6.53. The zero-order valence-corrected chi connectivity index (χ0v) is 22.0. The predicted molar refractivity (Wildman–Crippen MR) is 147 cm³/mol. The Balaban J connectivity index is 1.55. The molecule has 2 N–H and O–H groups in total. The van der Waals surface area contributed by atoms with E-state index in [0.29, 0.717) is 22.9 Å². The molecule has 34 heavy (non-hydrogen) atoms. The maximum absolute atomic E-state index is 5.55. The van der Waals surface area contributed by atoms with E-state index in [4.69, 9.17) is 22.2 Å². The predicted octanol–water partition coefficient (Wildman–Crippen LogP) is 4.37. The van der Waals surface area contributed by atoms with Crippen LogP contribution < -0.4 is 25.3 Å². The number of hydrogen-bond donors (Lipinski definition) is 2. The number of thiocarbonyl (C=S) groups is 1. The van der Waals surface area contributed by atoms with Gasteiger partial charge in [0.05, 0.1) is 0 Å². The van der Waals surface area contributed by atoms with Crippen molar-refractivity contribution in [3.8, 4) is 0 Å². The third kappa shape index (κ3) is 6.50. The Kier molecular flexibility index (Phi) is 7.45. The monoisotopic (exact) mass is 481 g/mol. The number of piperidine rings is 1. The third-order valence-electron chi connectivity index (χ3n) is 6.33. The first-order chi connectivity index (χ1) is 16.2. The van der Waals surface area contributed by atoms with Gasteiger partial charge in [0.25, 0.3) is 0 Å². The summed E-state index contributed by atoms with van der Waals surface area (Å²) in [7, 11) is 0. The van der Waals surface area contributed by atoms with Crippen molar-refractivity contribution in [1.82, 2.24) is 15.3 Å². The van der Waals surface area contributed by atoms with Gasteiger partial charge in [0.1, 0.15) is 11.6 Å². The number of aromatic nitrogens is 2. The summed E-state index contributed by atoms with van der Waals surface area (Å²) < 4.78 is 0. The Morgan fingerprint density at radius 3 is 2.03 bits per heavy atom. The summed E-state index contributed by atoms with van der Waals surface area (Å²) in [6.45, 7) is 16.7. The van der Waals surface area contributed by atoms with Crippen molar-refractivity contribution in [3.63, 3.8) is 0 Å². The first-order valence-electron chi connectivity index (χ1n) is 12.4. The molecule has 0 spiro atoms. The van der Waals surface area contributed by atoms with Crippen LogP contribution in [0, 0.1) is 11.8 Å². The Hall–Kier alpha value is -2.61. The molecule has 2 aliphatic rings. The number of nitrogens with one attached hydrogen (secondary N) is 2. The lowest BCUT2D eigenvalue weighted by molar-refractivity contribution is 0.355. The molecule has 0 amide bonds. The van der Waals surface area contributed by atoms with E-state index in [1.807, 2.05) is 0 Å². The lowest BCUT2D eigenvalue weighted by Gasteiger charge is -2.38. The topological polar surface area (TPSA) is 59.6 Å². The highest BCUT2D eigenvalue weighted by atomic mass is 32.1. The molecule has 4 rings (SSSR count). The molecule has 1 aromatic carbocycles. The summed E-state index contributed by atoms with van der Waals surface area (Å²) in [6.07, 6.45) is 1.26. The molecular weight excluding hydrogens is 442 g/mol. The molecule has 2 atom stereocenters. The molecule has 7 nitrogen and oxygen atoms in total. The van der Waals surface area contributed by atoms with Crippen LogP contribution in [0.5, 0.6) is 0 Å². The lowest BCUT2D eigenvalue weighted by atomic mass is 9.92. The molecule has 2 fully saturated rings. The molecule has 3 heterocycles. The molecule has 1 aromatic heterocycles. The minimum absolute atomic E-state index is 0.129. The highest BCUT2D eigenvalue weighted by Gasteiger charge is 2.26. The summed E-state index contributed by atoms with van der Waals surface area (Å²) in [5, 5.41) is 7.11. The van der Waals surface area contributed by atoms with Crippen LogP contribution in [0.15, 0.2) is 36.4 Å². The molecule has 184 valence electrons. The number of piperazine rings is 1. The molecule has 0 radical (unpaired) electrons. The molecule has 2 saturated heterocycles. The van der Waals surface area contributed by atoms with Crippen LogP contribution in [0.25, 0.3) is 0 Å². The van der Waals surface area contributed by atoms with Gasteiger partial charge in [-0.15, -0.1) is 0 Å². The maximum Gasteiger partial charge on any atom is 0.232 e. The largest absolute Gasteiger partial charge is 0.368 e. The molecule has 0 aliphatic carbocycles. The van der Waals surface area contributed by atoms with Gasteiger partial charge in [-0.25, -0.2) is 0 Å². The molecule has 0 saturated carbocycles. The van der Waals surface area contributed by atoms with Crippen molar-refractivity contribution >= 4 is 40.6 Å². The molecular formula is C26H39N7S. The average Bonchev–Trinajstić information content (AvgIpc) is 2.77. The normalized spacial score (nSPS) is 21.4. The van der Waals surface area contributed by atoms with Gasteiger partial charge in [0.2, 0.25) is 5.95 Å². The first-order valence-corrected chi connectivity index (χ1v) is 12.9. The van der Waals surface area contributed by atoms with Crippen molar-refractivity contribution in [2.45, 2.75) is 46.6 Å². The second kappa shape index (κ2) is 10.3. The van der Waals surface area contributed by atoms with Crippen molar-refractivity contribution in [3.05, 3.63) is 36.4 Å². The SMILES string of the molecule is CC1CC(C)CN(c2cc(N3CCN(c4ccccc4)CC3)nc(NC(=S)NC(C)(C)C)n2)C1. The van der Waals surface area contributed by atoms with E-state index < -0.39 is 0 Å². The molecule has 0 bridgehead atoms. The molecule has 2 unspecified atom stereocenters. The smallest absolute Gasteiger partial charge is 0.232 e. The number of hydrogen-bond acceptors (Lipinski definition) is 6. The Bertz CT molecular complexity index is 957. The zero-order chi connectivity index (χ0) is 24.3. The quantitative estimate of drug-likeness (QED) is 0.625. The molecule has 2 aromatic rings. The van der Waals surface area contributed by atoms with Crippen molar-refractivity contribution in [1.29, 1.82) is 0 Å². The summed E-state index contributed by atoms with van der Waals surface area (Å²) in [5.74, 6) is 3.80. The zero-order valence-electron chi connectivity index (χ0n) is 21.2. The van der Waals surface area contributed by atoms with Crippen molar-refractivity contribution in [2.24, 2.45) is 11.8 Å². The van der Waals surface area contributed by atoms with Crippen LogP contribution in [0.3, 0.4) is 0 Å². The highest BCUT2D eigenvalue weighted by Crippen LogP contribution is 2.29. The van der Waals surface area contributed by atoms with Crippen LogP contribution >= 0.6 is 12.2 Å². The number of rotatable bonds is 4. The second-order valence-electron chi connectivity index (χ2n) is 10.9. The van der Waals surface area contributed by atoms with E-state index in [1.165, 1.54) is 12.1 Å². The number of anilines is 4. The van der Waals surface area contributed by atoms with Gasteiger partial charge in [-0.05, 0) is 63.4 Å². The highest BCUT2D eigenvalue weighted by molar-refractivity contribution is 7.80. The molecule has 8 heteroatoms. The Morgan fingerprint density at radius 1 is 0.882 bits per heavy atom. The fourth-order valence-corrected chi connectivity index (χ4v) is 5.36. The average molecular weight is 482 g/mol. The summed E-state index contributed by atoms with van der Waals surface area (Å²) in [5.41, 5.74) is 1.15. The molecule has 2 aliphatic heterocycles. The second-order valence-corrected chi connectivity index (χ2v) is 11.3. The number of nitrogens with zero attached hydrogens (tertiary/aromatic N) is 5. The fraction of sp³-hybridized carbons (Fsp3) is 0.577. The van der Waals surface area contributed by atoms with Gasteiger partial charge in [-0.2, -0.15) is 9.97 Å². The van der Waals surface area contributed by atoms with Crippen LogP contribution in [0.4, 0.5) is 23.3 Å². The summed E-state index contributed by atoms with van der Waals surface area (Å²) in [4.78, 5) is 17.0. The van der Waals surface area contributed by atoms with E-state index >= 15 is 0 Å². The van der Waals surface area contributed by atoms with Gasteiger partial charge in [0.15, 0.2) is 5.11 Å². The Morgan fingerprint density at radius 2 is 1.44 bits per heavy atom. The van der Waals surface area contributed by atoms with E-state index in [2.05, 4.69) is 96.4 Å². The van der Waals surface area contributed by atoms with E-state index in [9.17, 15) is 0 Å². The van der Waals surface area contributed by atoms with Crippen LogP contribution in [-0.2, 0) is 0 Å². The van der Waals surface area contributed by atoms with Crippen molar-refractivity contribution < 1.29 is 0 Å². The minimum Gasteiger partial charge on any atom is -0.368 e. The van der Waals surface area contributed by atoms with Crippen LogP contribution in [0.1, 0.15) is 41.0 Å². The van der Waals surface area contributed by atoms with E-state index in [-0.39, 0.29) is 5.54 Å². The summed E-state index contributed by atoms with van der Waals surface area (Å²) in [6, 6.07) is 12.8. The van der Waals surface area contributed by atoms with Crippen molar-refractivity contribution in [2.75, 3.05) is 59.3 Å².